The van der Waals surface area contributed by atoms with Crippen molar-refractivity contribution in [1.29, 1.82) is 0 Å². The van der Waals surface area contributed by atoms with Crippen molar-refractivity contribution in [3.05, 3.63) is 70.6 Å². The van der Waals surface area contributed by atoms with Crippen LogP contribution in [0.1, 0.15) is 15.9 Å². The van der Waals surface area contributed by atoms with Gasteiger partial charge in [-0.2, -0.15) is 0 Å². The molecule has 3 rings (SSSR count). The summed E-state index contributed by atoms with van der Waals surface area (Å²) in [6, 6.07) is 12.4. The second-order valence-electron chi connectivity index (χ2n) is 5.07. The molecule has 0 atom stereocenters. The van der Waals surface area contributed by atoms with Gasteiger partial charge in [-0.1, -0.05) is 11.6 Å². The van der Waals surface area contributed by atoms with Crippen molar-refractivity contribution in [2.24, 2.45) is 0 Å². The molecule has 2 aromatic carbocycles. The largest absolute Gasteiger partial charge is 0.496 e. The SMILES string of the molecule is COc1ccc(F)cc1COC(=O)c1ccc2nc(Cl)ccc2c1. The van der Waals surface area contributed by atoms with Crippen LogP contribution >= 0.6 is 11.6 Å². The lowest BCUT2D eigenvalue weighted by Gasteiger charge is -2.10. The van der Waals surface area contributed by atoms with Gasteiger partial charge in [-0.05, 0) is 48.5 Å². The number of carbonyl (C=O) groups excluding carboxylic acids is 1. The summed E-state index contributed by atoms with van der Waals surface area (Å²) in [4.78, 5) is 16.4. The van der Waals surface area contributed by atoms with Gasteiger partial charge in [-0.15, -0.1) is 0 Å². The molecule has 0 aliphatic carbocycles. The monoisotopic (exact) mass is 345 g/mol. The first kappa shape index (κ1) is 16.2. The average molecular weight is 346 g/mol. The summed E-state index contributed by atoms with van der Waals surface area (Å²) in [7, 11) is 1.47. The van der Waals surface area contributed by atoms with Crippen LogP contribution in [0.2, 0.25) is 5.15 Å². The Bertz CT molecular complexity index is 914. The molecule has 1 heterocycles. The van der Waals surface area contributed by atoms with Crippen molar-refractivity contribution in [2.75, 3.05) is 7.11 Å². The average Bonchev–Trinajstić information content (AvgIpc) is 2.59. The van der Waals surface area contributed by atoms with Gasteiger partial charge in [-0.25, -0.2) is 14.2 Å². The Kier molecular flexibility index (Phi) is 4.62. The van der Waals surface area contributed by atoms with E-state index in [4.69, 9.17) is 21.1 Å². The Balaban J connectivity index is 1.78. The minimum Gasteiger partial charge on any atom is -0.496 e. The summed E-state index contributed by atoms with van der Waals surface area (Å²) in [5, 5.41) is 1.16. The number of halogens is 2. The van der Waals surface area contributed by atoms with Crippen LogP contribution in [-0.4, -0.2) is 18.1 Å². The molecule has 0 amide bonds. The molecule has 0 spiro atoms. The first-order chi connectivity index (χ1) is 11.6. The molecule has 24 heavy (non-hydrogen) atoms. The molecule has 0 aliphatic heterocycles. The maximum atomic E-state index is 13.3. The third-order valence-corrected chi connectivity index (χ3v) is 3.70. The summed E-state index contributed by atoms with van der Waals surface area (Å²) >= 11 is 5.83. The fourth-order valence-electron chi connectivity index (χ4n) is 2.31. The molecule has 0 N–H and O–H groups in total. The van der Waals surface area contributed by atoms with E-state index in [0.717, 1.165) is 5.39 Å². The Morgan fingerprint density at radius 2 is 2.00 bits per heavy atom. The number of carbonyl (C=O) groups is 1. The van der Waals surface area contributed by atoms with Gasteiger partial charge in [0.15, 0.2) is 0 Å². The summed E-state index contributed by atoms with van der Waals surface area (Å²) < 4.78 is 23.7. The first-order valence-corrected chi connectivity index (χ1v) is 7.50. The third kappa shape index (κ3) is 3.46. The summed E-state index contributed by atoms with van der Waals surface area (Å²) in [5.41, 5.74) is 1.52. The number of rotatable bonds is 4. The minimum atomic E-state index is -0.516. The van der Waals surface area contributed by atoms with Gasteiger partial charge in [0.05, 0.1) is 18.2 Å². The Labute approximate surface area is 142 Å². The maximum Gasteiger partial charge on any atom is 0.338 e. The van der Waals surface area contributed by atoms with E-state index < -0.39 is 11.8 Å². The summed E-state index contributed by atoms with van der Waals surface area (Å²) in [6.45, 7) is -0.0866. The number of fused-ring (bicyclic) bond motifs is 1. The van der Waals surface area contributed by atoms with Crippen molar-refractivity contribution < 1.29 is 18.7 Å². The van der Waals surface area contributed by atoms with Gasteiger partial charge < -0.3 is 9.47 Å². The molecular weight excluding hydrogens is 333 g/mol. The number of esters is 1. The van der Waals surface area contributed by atoms with E-state index in [1.54, 1.807) is 30.3 Å². The number of aromatic nitrogens is 1. The summed E-state index contributed by atoms with van der Waals surface area (Å²) in [5.74, 6) is -0.477. The molecule has 0 bridgehead atoms. The smallest absolute Gasteiger partial charge is 0.338 e. The molecule has 1 aromatic heterocycles. The van der Waals surface area contributed by atoms with Crippen LogP contribution in [0, 0.1) is 5.82 Å². The van der Waals surface area contributed by atoms with Gasteiger partial charge in [0.1, 0.15) is 23.3 Å². The van der Waals surface area contributed by atoms with Gasteiger partial charge in [0.25, 0.3) is 0 Å². The highest BCUT2D eigenvalue weighted by Gasteiger charge is 2.11. The van der Waals surface area contributed by atoms with E-state index in [2.05, 4.69) is 4.98 Å². The molecule has 0 radical (unpaired) electrons. The number of methoxy groups -OCH3 is 1. The normalized spacial score (nSPS) is 10.6. The van der Waals surface area contributed by atoms with E-state index in [1.807, 2.05) is 0 Å². The van der Waals surface area contributed by atoms with Crippen LogP contribution in [0.25, 0.3) is 10.9 Å². The Hall–Kier alpha value is -2.66. The van der Waals surface area contributed by atoms with Crippen LogP contribution in [0.3, 0.4) is 0 Å². The quantitative estimate of drug-likeness (QED) is 0.519. The first-order valence-electron chi connectivity index (χ1n) is 7.12. The lowest BCUT2D eigenvalue weighted by atomic mass is 10.1. The molecule has 0 fully saturated rings. The number of hydrogen-bond acceptors (Lipinski definition) is 4. The van der Waals surface area contributed by atoms with Crippen molar-refractivity contribution in [2.45, 2.75) is 6.61 Å². The minimum absolute atomic E-state index is 0.0866. The van der Waals surface area contributed by atoms with Crippen molar-refractivity contribution in [3.8, 4) is 5.75 Å². The molecule has 0 unspecified atom stereocenters. The molecule has 0 saturated carbocycles. The lowest BCUT2D eigenvalue weighted by molar-refractivity contribution is 0.0470. The van der Waals surface area contributed by atoms with Gasteiger partial charge in [0.2, 0.25) is 0 Å². The van der Waals surface area contributed by atoms with Crippen LogP contribution in [0.5, 0.6) is 5.75 Å². The van der Waals surface area contributed by atoms with Crippen molar-refractivity contribution >= 4 is 28.5 Å². The van der Waals surface area contributed by atoms with E-state index in [-0.39, 0.29) is 6.61 Å². The van der Waals surface area contributed by atoms with Crippen molar-refractivity contribution in [1.82, 2.24) is 4.98 Å². The highest BCUT2D eigenvalue weighted by atomic mass is 35.5. The molecule has 6 heteroatoms. The number of ether oxygens (including phenoxy) is 2. The molecule has 0 saturated heterocycles. The van der Waals surface area contributed by atoms with Crippen molar-refractivity contribution in [3.63, 3.8) is 0 Å². The Morgan fingerprint density at radius 1 is 1.17 bits per heavy atom. The fraction of sp³-hybridized carbons (Fsp3) is 0.111. The number of pyridine rings is 1. The highest BCUT2D eigenvalue weighted by molar-refractivity contribution is 6.29. The molecular formula is C18H13ClFNO3. The number of benzene rings is 2. The third-order valence-electron chi connectivity index (χ3n) is 3.49. The van der Waals surface area contributed by atoms with Crippen LogP contribution in [-0.2, 0) is 11.3 Å². The van der Waals surface area contributed by atoms with Gasteiger partial charge in [-0.3, -0.25) is 0 Å². The molecule has 4 nitrogen and oxygen atoms in total. The second-order valence-corrected chi connectivity index (χ2v) is 5.46. The molecule has 0 aliphatic rings. The van der Waals surface area contributed by atoms with Gasteiger partial charge in [0, 0.05) is 10.9 Å². The predicted octanol–water partition coefficient (Wildman–Crippen LogP) is 4.39. The van der Waals surface area contributed by atoms with E-state index in [0.29, 0.717) is 27.5 Å². The zero-order valence-electron chi connectivity index (χ0n) is 12.8. The zero-order valence-corrected chi connectivity index (χ0v) is 13.5. The highest BCUT2D eigenvalue weighted by Crippen LogP contribution is 2.22. The van der Waals surface area contributed by atoms with Gasteiger partial charge >= 0.3 is 5.97 Å². The van der Waals surface area contributed by atoms with Crippen LogP contribution in [0.15, 0.2) is 48.5 Å². The predicted molar refractivity (Wildman–Crippen MR) is 88.8 cm³/mol. The topological polar surface area (TPSA) is 48.4 Å². The zero-order chi connectivity index (χ0) is 17.1. The summed E-state index contributed by atoms with van der Waals surface area (Å²) in [6.07, 6.45) is 0. The fourth-order valence-corrected chi connectivity index (χ4v) is 2.47. The van der Waals surface area contributed by atoms with E-state index in [1.165, 1.54) is 25.3 Å². The number of hydrogen-bond donors (Lipinski definition) is 0. The lowest BCUT2D eigenvalue weighted by Crippen LogP contribution is -2.06. The van der Waals surface area contributed by atoms with Crippen LogP contribution in [0.4, 0.5) is 4.39 Å². The molecule has 3 aromatic rings. The van der Waals surface area contributed by atoms with Crippen LogP contribution < -0.4 is 4.74 Å². The van der Waals surface area contributed by atoms with E-state index >= 15 is 0 Å². The maximum absolute atomic E-state index is 13.3. The van der Waals surface area contributed by atoms with E-state index in [9.17, 15) is 9.18 Å². The number of nitrogens with zero attached hydrogens (tertiary/aromatic N) is 1. The molecule has 122 valence electrons. The Morgan fingerprint density at radius 3 is 2.79 bits per heavy atom. The second kappa shape index (κ2) is 6.84. The standard InChI is InChI=1S/C18H13ClFNO3/c1-23-16-6-4-14(20)9-13(16)10-24-18(22)12-2-5-15-11(8-12)3-7-17(19)21-15/h2-9H,10H2,1H3.